The third-order valence-electron chi connectivity index (χ3n) is 1.28. The summed E-state index contributed by atoms with van der Waals surface area (Å²) in [6, 6.07) is 0. The Labute approximate surface area is 75.0 Å². The van der Waals surface area contributed by atoms with Gasteiger partial charge in [0, 0.05) is 7.05 Å². The van der Waals surface area contributed by atoms with Crippen LogP contribution in [0.15, 0.2) is 5.16 Å². The molecule has 0 rings (SSSR count). The molecule has 0 aliphatic rings. The molecule has 0 aromatic rings. The van der Waals surface area contributed by atoms with E-state index >= 15 is 0 Å². The van der Waals surface area contributed by atoms with Crippen LogP contribution >= 0.6 is 0 Å². The van der Waals surface area contributed by atoms with E-state index in [1.54, 1.807) is 0 Å². The van der Waals surface area contributed by atoms with Crippen LogP contribution < -0.4 is 11.5 Å². The summed E-state index contributed by atoms with van der Waals surface area (Å²) < 4.78 is 0. The average molecular weight is 188 g/mol. The SMILES string of the molecule is CN(CC(N)=O)C(=O)C/C(N)=N/O. The van der Waals surface area contributed by atoms with Gasteiger partial charge in [0.25, 0.3) is 0 Å². The molecular weight excluding hydrogens is 176 g/mol. The van der Waals surface area contributed by atoms with E-state index in [9.17, 15) is 9.59 Å². The number of carbonyl (C=O) groups excluding carboxylic acids is 2. The Morgan fingerprint density at radius 1 is 1.46 bits per heavy atom. The minimum Gasteiger partial charge on any atom is -0.409 e. The van der Waals surface area contributed by atoms with Crippen LogP contribution in [0.2, 0.25) is 0 Å². The van der Waals surface area contributed by atoms with Crippen molar-refractivity contribution in [3.8, 4) is 0 Å². The van der Waals surface area contributed by atoms with Crippen LogP contribution in [0.4, 0.5) is 0 Å². The standard InChI is InChI=1S/C6H12N4O3/c1-10(3-5(8)11)6(12)2-4(7)9-13/h13H,2-3H2,1H3,(H2,7,9)(H2,8,11). The molecule has 7 heteroatoms. The number of hydrogen-bond acceptors (Lipinski definition) is 4. The lowest BCUT2D eigenvalue weighted by Gasteiger charge is -2.13. The van der Waals surface area contributed by atoms with Gasteiger partial charge >= 0.3 is 0 Å². The van der Waals surface area contributed by atoms with Crippen molar-refractivity contribution in [2.75, 3.05) is 13.6 Å². The zero-order chi connectivity index (χ0) is 10.4. The summed E-state index contributed by atoms with van der Waals surface area (Å²) in [6.45, 7) is -0.183. The number of carbonyl (C=O) groups is 2. The molecule has 74 valence electrons. The number of oxime groups is 1. The zero-order valence-corrected chi connectivity index (χ0v) is 7.23. The molecular formula is C6H12N4O3. The third-order valence-corrected chi connectivity index (χ3v) is 1.28. The second-order valence-electron chi connectivity index (χ2n) is 2.48. The quantitative estimate of drug-likeness (QED) is 0.206. The second kappa shape index (κ2) is 4.96. The lowest BCUT2D eigenvalue weighted by Crippen LogP contribution is -2.37. The maximum atomic E-state index is 11.1. The summed E-state index contributed by atoms with van der Waals surface area (Å²) in [5.41, 5.74) is 9.93. The van der Waals surface area contributed by atoms with Crippen LogP contribution in [-0.4, -0.2) is 41.3 Å². The number of amides is 2. The normalized spacial score (nSPS) is 11.0. The Morgan fingerprint density at radius 3 is 2.38 bits per heavy atom. The summed E-state index contributed by atoms with van der Waals surface area (Å²) in [5.74, 6) is -1.26. The predicted octanol–water partition coefficient (Wildman–Crippen LogP) is -1.93. The molecule has 0 heterocycles. The Balaban J connectivity index is 4.04. The largest absolute Gasteiger partial charge is 0.409 e. The van der Waals surface area contributed by atoms with Crippen molar-refractivity contribution >= 4 is 17.6 Å². The summed E-state index contributed by atoms with van der Waals surface area (Å²) in [6.07, 6.45) is -0.236. The molecule has 7 nitrogen and oxygen atoms in total. The highest BCUT2D eigenvalue weighted by Crippen LogP contribution is 1.89. The maximum absolute atomic E-state index is 11.1. The molecule has 0 saturated heterocycles. The number of rotatable bonds is 4. The number of hydrogen-bond donors (Lipinski definition) is 3. The molecule has 5 N–H and O–H groups in total. The van der Waals surface area contributed by atoms with Gasteiger partial charge in [0.1, 0.15) is 5.84 Å². The maximum Gasteiger partial charge on any atom is 0.237 e. The number of nitrogens with two attached hydrogens (primary N) is 2. The van der Waals surface area contributed by atoms with Gasteiger partial charge < -0.3 is 21.6 Å². The predicted molar refractivity (Wildman–Crippen MR) is 44.9 cm³/mol. The molecule has 0 radical (unpaired) electrons. The molecule has 0 aliphatic carbocycles. The van der Waals surface area contributed by atoms with E-state index in [1.807, 2.05) is 0 Å². The Morgan fingerprint density at radius 2 is 2.00 bits per heavy atom. The number of nitrogens with zero attached hydrogens (tertiary/aromatic N) is 2. The Bertz CT molecular complexity index is 238. The first-order valence-corrected chi connectivity index (χ1v) is 3.46. The van der Waals surface area contributed by atoms with Crippen LogP contribution in [-0.2, 0) is 9.59 Å². The lowest BCUT2D eigenvalue weighted by molar-refractivity contribution is -0.132. The van der Waals surface area contributed by atoms with Crippen LogP contribution in [0, 0.1) is 0 Å². The number of likely N-dealkylation sites (N-methyl/N-ethyl adjacent to an activating group) is 1. The van der Waals surface area contributed by atoms with Crippen molar-refractivity contribution in [3.63, 3.8) is 0 Å². The van der Waals surface area contributed by atoms with E-state index in [-0.39, 0.29) is 18.8 Å². The van der Waals surface area contributed by atoms with Gasteiger partial charge in [-0.1, -0.05) is 5.16 Å². The Kier molecular flexibility index (Phi) is 4.28. The monoisotopic (exact) mass is 188 g/mol. The smallest absolute Gasteiger partial charge is 0.237 e. The van der Waals surface area contributed by atoms with Crippen LogP contribution in [0.5, 0.6) is 0 Å². The zero-order valence-electron chi connectivity index (χ0n) is 7.23. The molecule has 0 aliphatic heterocycles. The minimum atomic E-state index is -0.615. The van der Waals surface area contributed by atoms with Crippen molar-refractivity contribution in [3.05, 3.63) is 0 Å². The highest BCUT2D eigenvalue weighted by Gasteiger charge is 2.12. The van der Waals surface area contributed by atoms with Gasteiger partial charge in [-0.3, -0.25) is 9.59 Å². The van der Waals surface area contributed by atoms with Gasteiger partial charge in [-0.05, 0) is 0 Å². The van der Waals surface area contributed by atoms with E-state index in [0.717, 1.165) is 4.90 Å². The van der Waals surface area contributed by atoms with E-state index in [1.165, 1.54) is 7.05 Å². The van der Waals surface area contributed by atoms with Crippen molar-refractivity contribution in [1.82, 2.24) is 4.90 Å². The molecule has 0 aromatic carbocycles. The molecule has 0 unspecified atom stereocenters. The summed E-state index contributed by atoms with van der Waals surface area (Å²) >= 11 is 0. The van der Waals surface area contributed by atoms with E-state index in [4.69, 9.17) is 16.7 Å². The lowest BCUT2D eigenvalue weighted by atomic mass is 10.3. The Hall–Kier alpha value is -1.79. The topological polar surface area (TPSA) is 122 Å². The van der Waals surface area contributed by atoms with Crippen molar-refractivity contribution in [2.24, 2.45) is 16.6 Å². The average Bonchev–Trinajstić information content (AvgIpc) is 2.02. The van der Waals surface area contributed by atoms with Crippen LogP contribution in [0.1, 0.15) is 6.42 Å². The van der Waals surface area contributed by atoms with Crippen LogP contribution in [0.25, 0.3) is 0 Å². The fraction of sp³-hybridized carbons (Fsp3) is 0.500. The van der Waals surface area contributed by atoms with E-state index in [0.29, 0.717) is 0 Å². The van der Waals surface area contributed by atoms with Gasteiger partial charge in [-0.15, -0.1) is 0 Å². The molecule has 13 heavy (non-hydrogen) atoms. The molecule has 0 bridgehead atoms. The summed E-state index contributed by atoms with van der Waals surface area (Å²) in [4.78, 5) is 22.6. The fourth-order valence-electron chi connectivity index (χ4n) is 0.647. The van der Waals surface area contributed by atoms with Crippen LogP contribution in [0.3, 0.4) is 0 Å². The van der Waals surface area contributed by atoms with E-state index < -0.39 is 11.8 Å². The summed E-state index contributed by atoms with van der Waals surface area (Å²) in [7, 11) is 1.40. The first kappa shape index (κ1) is 11.2. The first-order chi connectivity index (χ1) is 5.97. The molecule has 0 spiro atoms. The van der Waals surface area contributed by atoms with Gasteiger partial charge in [-0.2, -0.15) is 0 Å². The van der Waals surface area contributed by atoms with Gasteiger partial charge in [0.15, 0.2) is 0 Å². The van der Waals surface area contributed by atoms with Crippen molar-refractivity contribution in [2.45, 2.75) is 6.42 Å². The highest BCUT2D eigenvalue weighted by atomic mass is 16.4. The first-order valence-electron chi connectivity index (χ1n) is 3.46. The molecule has 0 saturated carbocycles. The molecule has 0 aromatic heterocycles. The van der Waals surface area contributed by atoms with Gasteiger partial charge in [-0.25, -0.2) is 0 Å². The van der Waals surface area contributed by atoms with Crippen molar-refractivity contribution < 1.29 is 14.8 Å². The summed E-state index contributed by atoms with van der Waals surface area (Å²) in [5, 5.41) is 10.8. The highest BCUT2D eigenvalue weighted by molar-refractivity contribution is 5.99. The molecule has 2 amide bonds. The third kappa shape index (κ3) is 4.62. The van der Waals surface area contributed by atoms with E-state index in [2.05, 4.69) is 5.16 Å². The van der Waals surface area contributed by atoms with Crippen molar-refractivity contribution in [1.29, 1.82) is 0 Å². The minimum absolute atomic E-state index is 0.183. The molecule has 0 fully saturated rings. The number of amidine groups is 1. The molecule has 0 atom stereocenters. The van der Waals surface area contributed by atoms with Gasteiger partial charge in [0.2, 0.25) is 11.8 Å². The van der Waals surface area contributed by atoms with Gasteiger partial charge in [0.05, 0.1) is 13.0 Å². The second-order valence-corrected chi connectivity index (χ2v) is 2.48. The fourth-order valence-corrected chi connectivity index (χ4v) is 0.647. The number of primary amides is 1.